The van der Waals surface area contributed by atoms with Gasteiger partial charge in [-0.25, -0.2) is 4.79 Å². The average Bonchev–Trinajstić information content (AvgIpc) is 2.97. The second-order valence-corrected chi connectivity index (χ2v) is 9.05. The highest BCUT2D eigenvalue weighted by atomic mass is 35.5. The molecular formula is C20H24ClF3N2O4. The van der Waals surface area contributed by atoms with Gasteiger partial charge in [-0.3, -0.25) is 9.69 Å². The zero-order valence-electron chi connectivity index (χ0n) is 16.9. The summed E-state index contributed by atoms with van der Waals surface area (Å²) >= 11 is 6.27. The van der Waals surface area contributed by atoms with Crippen molar-refractivity contribution >= 4 is 23.6 Å². The molecule has 1 saturated heterocycles. The molecule has 6 nitrogen and oxygen atoms in total. The normalized spacial score (nSPS) is 22.3. The van der Waals surface area contributed by atoms with Crippen LogP contribution >= 0.6 is 11.6 Å². The molecule has 0 aliphatic carbocycles. The number of rotatable bonds is 2. The molecule has 1 aromatic rings. The molecule has 0 spiro atoms. The molecule has 3 rings (SSSR count). The molecule has 0 bridgehead atoms. The number of carbonyl (C=O) groups excluding carboxylic acids is 2. The van der Waals surface area contributed by atoms with E-state index < -0.39 is 48.7 Å². The van der Waals surface area contributed by atoms with Gasteiger partial charge in [0.25, 0.3) is 0 Å². The van der Waals surface area contributed by atoms with Crippen LogP contribution < -0.4 is 0 Å². The van der Waals surface area contributed by atoms with Gasteiger partial charge < -0.3 is 14.7 Å². The van der Waals surface area contributed by atoms with Crippen molar-refractivity contribution in [1.82, 2.24) is 9.80 Å². The first-order valence-electron chi connectivity index (χ1n) is 9.62. The molecule has 10 heteroatoms. The van der Waals surface area contributed by atoms with Crippen LogP contribution in [0.2, 0.25) is 5.02 Å². The number of amides is 2. The van der Waals surface area contributed by atoms with Gasteiger partial charge >= 0.3 is 12.3 Å². The molecule has 0 radical (unpaired) electrons. The van der Waals surface area contributed by atoms with Gasteiger partial charge in [0, 0.05) is 36.6 Å². The SMILES string of the molecule is CC(C)(C)OC(=O)N1CCc2c(Cl)ccc(O)c2[C@H]1CN1CC(C(F)(F)F)CC1=O. The number of fused-ring (bicyclic) bond motifs is 1. The zero-order chi connectivity index (χ0) is 22.4. The van der Waals surface area contributed by atoms with E-state index >= 15 is 0 Å². The Morgan fingerprint density at radius 2 is 1.97 bits per heavy atom. The van der Waals surface area contributed by atoms with E-state index in [1.165, 1.54) is 17.0 Å². The number of carbonyl (C=O) groups is 2. The van der Waals surface area contributed by atoms with Crippen molar-refractivity contribution in [2.24, 2.45) is 5.92 Å². The lowest BCUT2D eigenvalue weighted by molar-refractivity contribution is -0.171. The highest BCUT2D eigenvalue weighted by molar-refractivity contribution is 6.31. The van der Waals surface area contributed by atoms with Crippen LogP contribution in [-0.4, -0.2) is 58.3 Å². The van der Waals surface area contributed by atoms with Gasteiger partial charge in [0.1, 0.15) is 11.4 Å². The molecule has 2 aliphatic heterocycles. The Balaban J connectivity index is 1.95. The van der Waals surface area contributed by atoms with E-state index in [1.54, 1.807) is 20.8 Å². The Morgan fingerprint density at radius 3 is 2.53 bits per heavy atom. The second kappa shape index (κ2) is 7.83. The van der Waals surface area contributed by atoms with Crippen LogP contribution in [0.3, 0.4) is 0 Å². The Bertz CT molecular complexity index is 854. The van der Waals surface area contributed by atoms with E-state index in [4.69, 9.17) is 16.3 Å². The first-order valence-corrected chi connectivity index (χ1v) is 10.00. The average molecular weight is 449 g/mol. The molecule has 1 aromatic carbocycles. The summed E-state index contributed by atoms with van der Waals surface area (Å²) in [5, 5.41) is 10.9. The quantitative estimate of drug-likeness (QED) is 0.732. The van der Waals surface area contributed by atoms with Gasteiger partial charge in [-0.2, -0.15) is 13.2 Å². The van der Waals surface area contributed by atoms with Gasteiger partial charge in [0.2, 0.25) is 5.91 Å². The van der Waals surface area contributed by atoms with Crippen LogP contribution in [0.5, 0.6) is 5.75 Å². The van der Waals surface area contributed by atoms with Crippen molar-refractivity contribution in [1.29, 1.82) is 0 Å². The minimum atomic E-state index is -4.48. The van der Waals surface area contributed by atoms with Crippen LogP contribution in [0.15, 0.2) is 12.1 Å². The molecule has 2 aliphatic rings. The van der Waals surface area contributed by atoms with E-state index in [1.807, 2.05) is 0 Å². The summed E-state index contributed by atoms with van der Waals surface area (Å²) in [6.07, 6.45) is -5.43. The Hall–Kier alpha value is -2.16. The third-order valence-electron chi connectivity index (χ3n) is 5.29. The fourth-order valence-electron chi connectivity index (χ4n) is 3.90. The Kier molecular flexibility index (Phi) is 5.88. The van der Waals surface area contributed by atoms with Crippen LogP contribution in [0.4, 0.5) is 18.0 Å². The fourth-order valence-corrected chi connectivity index (χ4v) is 4.16. The Morgan fingerprint density at radius 1 is 1.30 bits per heavy atom. The van der Waals surface area contributed by atoms with Crippen molar-refractivity contribution in [3.63, 3.8) is 0 Å². The maximum atomic E-state index is 13.1. The number of hydrogen-bond acceptors (Lipinski definition) is 4. The summed E-state index contributed by atoms with van der Waals surface area (Å²) in [5.74, 6) is -2.53. The smallest absolute Gasteiger partial charge is 0.410 e. The molecule has 30 heavy (non-hydrogen) atoms. The predicted octanol–water partition coefficient (Wildman–Crippen LogP) is 4.29. The highest BCUT2D eigenvalue weighted by Gasteiger charge is 2.48. The monoisotopic (exact) mass is 448 g/mol. The number of ether oxygens (including phenoxy) is 1. The van der Waals surface area contributed by atoms with Crippen molar-refractivity contribution in [2.45, 2.75) is 51.4 Å². The summed E-state index contributed by atoms with van der Waals surface area (Å²) in [7, 11) is 0. The maximum absolute atomic E-state index is 13.1. The van der Waals surface area contributed by atoms with Gasteiger partial charge in [0.05, 0.1) is 12.0 Å². The largest absolute Gasteiger partial charge is 0.508 e. The standard InChI is InChI=1S/C20H24ClF3N2O4/c1-19(2,3)30-18(29)26-7-6-12-13(21)4-5-15(27)17(12)14(26)10-25-9-11(8-16(25)28)20(22,23)24/h4-5,11,14,27H,6-10H2,1-3H3/t11?,14-/m1/s1. The van der Waals surface area contributed by atoms with Gasteiger partial charge in [-0.15, -0.1) is 0 Å². The topological polar surface area (TPSA) is 70.1 Å². The van der Waals surface area contributed by atoms with Crippen LogP contribution in [0, 0.1) is 5.92 Å². The predicted molar refractivity (Wildman–Crippen MR) is 103 cm³/mol. The third-order valence-corrected chi connectivity index (χ3v) is 5.64. The molecule has 1 unspecified atom stereocenters. The number of likely N-dealkylation sites (tertiary alicyclic amines) is 1. The lowest BCUT2D eigenvalue weighted by Crippen LogP contribution is -2.47. The summed E-state index contributed by atoms with van der Waals surface area (Å²) in [6, 6.07) is 2.02. The second-order valence-electron chi connectivity index (χ2n) is 8.64. The molecular weight excluding hydrogens is 425 g/mol. The van der Waals surface area contributed by atoms with E-state index in [2.05, 4.69) is 0 Å². The number of benzene rings is 1. The highest BCUT2D eigenvalue weighted by Crippen LogP contribution is 2.42. The first-order chi connectivity index (χ1) is 13.8. The van der Waals surface area contributed by atoms with E-state index in [9.17, 15) is 27.9 Å². The van der Waals surface area contributed by atoms with Crippen LogP contribution in [0.25, 0.3) is 0 Å². The summed E-state index contributed by atoms with van der Waals surface area (Å²) in [4.78, 5) is 27.5. The van der Waals surface area contributed by atoms with E-state index in [-0.39, 0.29) is 18.8 Å². The number of phenolic OH excluding ortho intramolecular Hbond substituents is 1. The lowest BCUT2D eigenvalue weighted by Gasteiger charge is -2.40. The maximum Gasteiger partial charge on any atom is 0.410 e. The summed E-state index contributed by atoms with van der Waals surface area (Å²) in [5.41, 5.74) is 0.159. The molecule has 0 aromatic heterocycles. The van der Waals surface area contributed by atoms with Crippen molar-refractivity contribution in [3.8, 4) is 5.75 Å². The Labute approximate surface area is 177 Å². The molecule has 166 valence electrons. The molecule has 1 N–H and O–H groups in total. The van der Waals surface area contributed by atoms with Gasteiger partial charge in [-0.05, 0) is 44.9 Å². The van der Waals surface area contributed by atoms with Gasteiger partial charge in [0.15, 0.2) is 0 Å². The molecule has 2 amide bonds. The van der Waals surface area contributed by atoms with Crippen molar-refractivity contribution in [3.05, 3.63) is 28.3 Å². The van der Waals surface area contributed by atoms with Crippen molar-refractivity contribution < 1.29 is 32.6 Å². The van der Waals surface area contributed by atoms with Crippen LogP contribution in [0.1, 0.15) is 44.4 Å². The summed E-state index contributed by atoms with van der Waals surface area (Å²) in [6.45, 7) is 4.61. The van der Waals surface area contributed by atoms with Crippen LogP contribution in [-0.2, 0) is 16.0 Å². The number of nitrogens with zero attached hydrogens (tertiary/aromatic N) is 2. The fraction of sp³-hybridized carbons (Fsp3) is 0.600. The first kappa shape index (κ1) is 22.5. The number of aromatic hydroxyl groups is 1. The lowest BCUT2D eigenvalue weighted by atomic mass is 9.91. The third kappa shape index (κ3) is 4.61. The molecule has 1 fully saturated rings. The van der Waals surface area contributed by atoms with E-state index in [0.29, 0.717) is 22.6 Å². The minimum Gasteiger partial charge on any atom is -0.508 e. The number of alkyl halides is 3. The zero-order valence-corrected chi connectivity index (χ0v) is 17.7. The molecule has 2 atom stereocenters. The van der Waals surface area contributed by atoms with Crippen molar-refractivity contribution in [2.75, 3.05) is 19.6 Å². The number of phenols is 1. The number of hydrogen-bond donors (Lipinski definition) is 1. The molecule has 2 heterocycles. The molecule has 0 saturated carbocycles. The van der Waals surface area contributed by atoms with E-state index in [0.717, 1.165) is 4.90 Å². The number of halogens is 4. The summed E-state index contributed by atoms with van der Waals surface area (Å²) < 4.78 is 44.8. The minimum absolute atomic E-state index is 0.133. The van der Waals surface area contributed by atoms with Gasteiger partial charge in [-0.1, -0.05) is 11.6 Å².